The molecule has 9 heteroatoms. The first kappa shape index (κ1) is 16.2. The van der Waals surface area contributed by atoms with E-state index in [1.54, 1.807) is 12.1 Å². The van der Waals surface area contributed by atoms with Crippen LogP contribution in [0.2, 0.25) is 0 Å². The van der Waals surface area contributed by atoms with Crippen molar-refractivity contribution in [1.29, 1.82) is 0 Å². The molecule has 0 saturated carbocycles. The zero-order chi connectivity index (χ0) is 16.2. The Bertz CT molecular complexity index is 656. The van der Waals surface area contributed by atoms with E-state index < -0.39 is 28.5 Å². The molecule has 1 aromatic carbocycles. The summed E-state index contributed by atoms with van der Waals surface area (Å²) < 4.78 is 29.3. The third-order valence-electron chi connectivity index (χ3n) is 3.02. The highest BCUT2D eigenvalue weighted by Gasteiger charge is 2.29. The van der Waals surface area contributed by atoms with Gasteiger partial charge in [0.15, 0.2) is 6.61 Å². The number of nitrogens with zero attached hydrogens (tertiary/aromatic N) is 1. The average Bonchev–Trinajstić information content (AvgIpc) is 2.77. The molecule has 8 nitrogen and oxygen atoms in total. The normalized spacial score (nSPS) is 17.1. The molecule has 1 heterocycles. The quantitative estimate of drug-likeness (QED) is 0.767. The number of carbonyl (C=O) groups excluding carboxylic acids is 1. The number of ether oxygens (including phenoxy) is 1. The summed E-state index contributed by atoms with van der Waals surface area (Å²) in [6.07, 6.45) is 0.533. The van der Waals surface area contributed by atoms with Gasteiger partial charge >= 0.3 is 5.97 Å². The van der Waals surface area contributed by atoms with E-state index in [9.17, 15) is 18.0 Å². The van der Waals surface area contributed by atoms with Crippen LogP contribution in [0.1, 0.15) is 6.42 Å². The molecule has 22 heavy (non-hydrogen) atoms. The standard InChI is InChI=1S/C13H16N2O6S/c16-12(8-15-6-1-7-22(15,19)20)14-10-2-4-11(5-3-10)21-9-13(17)18/h2-5H,1,6-9H2,(H,14,16)(H,17,18). The molecule has 1 fully saturated rings. The summed E-state index contributed by atoms with van der Waals surface area (Å²) in [5.74, 6) is -1.06. The van der Waals surface area contributed by atoms with Crippen LogP contribution in [0.15, 0.2) is 24.3 Å². The van der Waals surface area contributed by atoms with Crippen molar-refractivity contribution in [2.45, 2.75) is 6.42 Å². The predicted octanol–water partition coefficient (Wildman–Crippen LogP) is 0.124. The summed E-state index contributed by atoms with van der Waals surface area (Å²) in [4.78, 5) is 22.2. The summed E-state index contributed by atoms with van der Waals surface area (Å²) in [6, 6.07) is 6.14. The van der Waals surface area contributed by atoms with E-state index >= 15 is 0 Å². The molecule has 120 valence electrons. The first-order valence-corrected chi connectivity index (χ1v) is 8.20. The van der Waals surface area contributed by atoms with Crippen LogP contribution in [-0.2, 0) is 19.6 Å². The highest BCUT2D eigenvalue weighted by Crippen LogP contribution is 2.17. The molecule has 0 aliphatic carbocycles. The predicted molar refractivity (Wildman–Crippen MR) is 78.2 cm³/mol. The van der Waals surface area contributed by atoms with Gasteiger partial charge in [0.2, 0.25) is 15.9 Å². The van der Waals surface area contributed by atoms with Gasteiger partial charge in [-0.2, -0.15) is 4.31 Å². The number of hydrogen-bond donors (Lipinski definition) is 2. The van der Waals surface area contributed by atoms with Crippen LogP contribution in [0.3, 0.4) is 0 Å². The lowest BCUT2D eigenvalue weighted by Gasteiger charge is -2.14. The molecule has 2 rings (SSSR count). The fraction of sp³-hybridized carbons (Fsp3) is 0.385. The minimum atomic E-state index is -3.30. The Balaban J connectivity index is 1.88. The van der Waals surface area contributed by atoms with Crippen molar-refractivity contribution in [3.63, 3.8) is 0 Å². The van der Waals surface area contributed by atoms with Crippen molar-refractivity contribution < 1.29 is 27.9 Å². The van der Waals surface area contributed by atoms with Crippen LogP contribution in [0.25, 0.3) is 0 Å². The summed E-state index contributed by atoms with van der Waals surface area (Å²) >= 11 is 0. The van der Waals surface area contributed by atoms with Gasteiger partial charge in [-0.3, -0.25) is 4.79 Å². The minimum Gasteiger partial charge on any atom is -0.482 e. The van der Waals surface area contributed by atoms with Gasteiger partial charge in [0.25, 0.3) is 0 Å². The van der Waals surface area contributed by atoms with E-state index in [0.717, 1.165) is 4.31 Å². The average molecular weight is 328 g/mol. The van der Waals surface area contributed by atoms with E-state index in [1.807, 2.05) is 0 Å². The van der Waals surface area contributed by atoms with E-state index in [-0.39, 0.29) is 12.3 Å². The van der Waals surface area contributed by atoms with E-state index in [2.05, 4.69) is 5.32 Å². The van der Waals surface area contributed by atoms with Crippen molar-refractivity contribution in [2.75, 3.05) is 30.8 Å². The molecule has 0 radical (unpaired) electrons. The van der Waals surface area contributed by atoms with Crippen molar-refractivity contribution in [3.8, 4) is 5.75 Å². The van der Waals surface area contributed by atoms with Gasteiger partial charge in [-0.25, -0.2) is 13.2 Å². The van der Waals surface area contributed by atoms with Gasteiger partial charge < -0.3 is 15.2 Å². The lowest BCUT2D eigenvalue weighted by atomic mass is 10.3. The molecule has 1 saturated heterocycles. The fourth-order valence-electron chi connectivity index (χ4n) is 2.01. The van der Waals surface area contributed by atoms with Crippen LogP contribution in [0.5, 0.6) is 5.75 Å². The topological polar surface area (TPSA) is 113 Å². The van der Waals surface area contributed by atoms with E-state index in [1.165, 1.54) is 12.1 Å². The molecule has 2 N–H and O–H groups in total. The van der Waals surface area contributed by atoms with Crippen LogP contribution in [0.4, 0.5) is 5.69 Å². The van der Waals surface area contributed by atoms with E-state index in [0.29, 0.717) is 24.4 Å². The van der Waals surface area contributed by atoms with Gasteiger partial charge in [-0.05, 0) is 30.7 Å². The maximum Gasteiger partial charge on any atom is 0.341 e. The Kier molecular flexibility index (Phi) is 4.99. The van der Waals surface area contributed by atoms with E-state index in [4.69, 9.17) is 9.84 Å². The van der Waals surface area contributed by atoms with Gasteiger partial charge in [0.1, 0.15) is 5.75 Å². The number of carboxylic acid groups (broad SMARTS) is 1. The third kappa shape index (κ3) is 4.43. The number of benzene rings is 1. The number of nitrogens with one attached hydrogen (secondary N) is 1. The van der Waals surface area contributed by atoms with Crippen LogP contribution >= 0.6 is 0 Å². The first-order valence-electron chi connectivity index (χ1n) is 6.59. The monoisotopic (exact) mass is 328 g/mol. The van der Waals surface area contributed by atoms with Crippen molar-refractivity contribution >= 4 is 27.6 Å². The Morgan fingerprint density at radius 3 is 2.50 bits per heavy atom. The van der Waals surface area contributed by atoms with Crippen LogP contribution < -0.4 is 10.1 Å². The lowest BCUT2D eigenvalue weighted by molar-refractivity contribution is -0.139. The number of carboxylic acids is 1. The van der Waals surface area contributed by atoms with Gasteiger partial charge in [0, 0.05) is 12.2 Å². The van der Waals surface area contributed by atoms with Gasteiger partial charge in [-0.15, -0.1) is 0 Å². The Morgan fingerprint density at radius 2 is 1.95 bits per heavy atom. The molecular weight excluding hydrogens is 312 g/mol. The second kappa shape index (κ2) is 6.75. The maximum absolute atomic E-state index is 11.8. The summed E-state index contributed by atoms with van der Waals surface area (Å²) in [7, 11) is -3.30. The maximum atomic E-state index is 11.8. The molecule has 0 atom stereocenters. The third-order valence-corrected chi connectivity index (χ3v) is 4.93. The van der Waals surface area contributed by atoms with Crippen molar-refractivity contribution in [2.24, 2.45) is 0 Å². The van der Waals surface area contributed by atoms with Gasteiger partial charge in [0.05, 0.1) is 12.3 Å². The second-order valence-electron chi connectivity index (χ2n) is 4.76. The summed E-state index contributed by atoms with van der Waals surface area (Å²) in [5, 5.41) is 11.1. The lowest BCUT2D eigenvalue weighted by Crippen LogP contribution is -2.34. The van der Waals surface area contributed by atoms with Crippen molar-refractivity contribution in [3.05, 3.63) is 24.3 Å². The van der Waals surface area contributed by atoms with Gasteiger partial charge in [-0.1, -0.05) is 0 Å². The highest BCUT2D eigenvalue weighted by atomic mass is 32.2. The number of anilines is 1. The number of amides is 1. The molecule has 1 amide bonds. The smallest absolute Gasteiger partial charge is 0.341 e. The zero-order valence-corrected chi connectivity index (χ0v) is 12.5. The zero-order valence-electron chi connectivity index (χ0n) is 11.7. The largest absolute Gasteiger partial charge is 0.482 e. The minimum absolute atomic E-state index is 0.0793. The van der Waals surface area contributed by atoms with Crippen molar-refractivity contribution in [1.82, 2.24) is 4.31 Å². The molecule has 1 aromatic rings. The Hall–Kier alpha value is -2.13. The first-order chi connectivity index (χ1) is 10.4. The molecule has 0 unspecified atom stereocenters. The summed E-state index contributed by atoms with van der Waals surface area (Å²) in [5.41, 5.74) is 0.476. The molecule has 1 aliphatic rings. The number of rotatable bonds is 6. The Morgan fingerprint density at radius 1 is 1.27 bits per heavy atom. The Labute approximate surface area is 127 Å². The summed E-state index contributed by atoms with van der Waals surface area (Å²) in [6.45, 7) is -0.296. The number of carbonyl (C=O) groups is 2. The molecule has 1 aliphatic heterocycles. The van der Waals surface area contributed by atoms with Crippen LogP contribution in [0, 0.1) is 0 Å². The SMILES string of the molecule is O=C(O)COc1ccc(NC(=O)CN2CCCS2(=O)=O)cc1. The molecule has 0 bridgehead atoms. The highest BCUT2D eigenvalue weighted by molar-refractivity contribution is 7.89. The molecular formula is C13H16N2O6S. The molecule has 0 spiro atoms. The van der Waals surface area contributed by atoms with Crippen LogP contribution in [-0.4, -0.2) is 55.2 Å². The number of sulfonamides is 1. The second-order valence-corrected chi connectivity index (χ2v) is 6.85. The number of hydrogen-bond acceptors (Lipinski definition) is 5. The molecule has 0 aromatic heterocycles. The number of aliphatic carboxylic acids is 1. The fourth-order valence-corrected chi connectivity index (χ4v) is 3.48.